The van der Waals surface area contributed by atoms with Gasteiger partial charge >= 0.3 is 18.3 Å². The molecule has 0 spiro atoms. The van der Waals surface area contributed by atoms with E-state index in [-0.39, 0.29) is 37.2 Å². The number of rotatable bonds is 3. The second kappa shape index (κ2) is 8.36. The number of amides is 1. The zero-order valence-corrected chi connectivity index (χ0v) is 17.0. The number of hydrogen-bond acceptors (Lipinski definition) is 4. The summed E-state index contributed by atoms with van der Waals surface area (Å²) < 4.78 is 83.1. The van der Waals surface area contributed by atoms with Gasteiger partial charge in [0.25, 0.3) is 5.91 Å². The second-order valence-electron chi connectivity index (χ2n) is 7.89. The Hall–Kier alpha value is -3.08. The summed E-state index contributed by atoms with van der Waals surface area (Å²) in [6.45, 7) is 0.294. The number of fused-ring (bicyclic) bond motifs is 2. The van der Waals surface area contributed by atoms with Gasteiger partial charge in [-0.2, -0.15) is 26.3 Å². The van der Waals surface area contributed by atoms with Crippen LogP contribution in [0.1, 0.15) is 27.0 Å². The molecule has 176 valence electrons. The molecule has 0 aliphatic carbocycles. The van der Waals surface area contributed by atoms with Crippen molar-refractivity contribution in [2.75, 3.05) is 13.1 Å². The van der Waals surface area contributed by atoms with Crippen molar-refractivity contribution < 1.29 is 40.7 Å². The van der Waals surface area contributed by atoms with E-state index in [4.69, 9.17) is 4.74 Å². The van der Waals surface area contributed by atoms with Gasteiger partial charge < -0.3 is 9.64 Å². The number of piperazine rings is 1. The van der Waals surface area contributed by atoms with E-state index in [2.05, 4.69) is 0 Å². The highest BCUT2D eigenvalue weighted by molar-refractivity contribution is 5.97. The molecule has 0 radical (unpaired) electrons. The summed E-state index contributed by atoms with van der Waals surface area (Å²) in [5.41, 5.74) is -0.130. The van der Waals surface area contributed by atoms with Crippen molar-refractivity contribution in [1.29, 1.82) is 0 Å². The third-order valence-corrected chi connectivity index (χ3v) is 5.76. The summed E-state index contributed by atoms with van der Waals surface area (Å²) in [4.78, 5) is 27.4. The van der Waals surface area contributed by atoms with Crippen molar-refractivity contribution in [3.8, 4) is 0 Å². The van der Waals surface area contributed by atoms with E-state index in [9.17, 15) is 35.9 Å². The lowest BCUT2D eigenvalue weighted by Crippen LogP contribution is -2.64. The lowest BCUT2D eigenvalue weighted by molar-refractivity contribution is -0.221. The third kappa shape index (κ3) is 4.68. The normalized spacial score (nSPS) is 21.4. The summed E-state index contributed by atoms with van der Waals surface area (Å²) in [6, 6.07) is 10.5. The van der Waals surface area contributed by atoms with Gasteiger partial charge in [-0.25, -0.2) is 4.79 Å². The first-order chi connectivity index (χ1) is 15.4. The molecule has 2 aromatic rings. The fourth-order valence-electron chi connectivity index (χ4n) is 4.22. The highest BCUT2D eigenvalue weighted by atomic mass is 19.4. The molecule has 4 rings (SSSR count). The molecule has 0 saturated carbocycles. The van der Waals surface area contributed by atoms with Crippen LogP contribution in [0, 0.1) is 0 Å². The molecule has 11 heteroatoms. The molecule has 0 aromatic heterocycles. The number of benzene rings is 2. The molecule has 0 N–H and O–H groups in total. The van der Waals surface area contributed by atoms with Crippen LogP contribution in [0.5, 0.6) is 0 Å². The van der Waals surface area contributed by atoms with E-state index in [1.165, 1.54) is 9.80 Å². The molecule has 33 heavy (non-hydrogen) atoms. The summed E-state index contributed by atoms with van der Waals surface area (Å²) in [5, 5.41) is 0. The van der Waals surface area contributed by atoms with E-state index in [1.807, 2.05) is 0 Å². The van der Waals surface area contributed by atoms with Crippen LogP contribution < -0.4 is 0 Å². The Morgan fingerprint density at radius 2 is 1.70 bits per heavy atom. The van der Waals surface area contributed by atoms with Crippen molar-refractivity contribution in [2.24, 2.45) is 0 Å². The van der Waals surface area contributed by atoms with E-state index < -0.39 is 42.1 Å². The fraction of sp³-hybridized carbons (Fsp3) is 0.364. The van der Waals surface area contributed by atoms with Crippen LogP contribution in [-0.4, -0.2) is 53.2 Å². The average Bonchev–Trinajstić information content (AvgIpc) is 2.74. The largest absolute Gasteiger partial charge is 0.490 e. The summed E-state index contributed by atoms with van der Waals surface area (Å²) in [7, 11) is 0. The Labute approximate surface area is 184 Å². The zero-order chi connectivity index (χ0) is 24.0. The van der Waals surface area contributed by atoms with Crippen LogP contribution in [0.2, 0.25) is 0 Å². The minimum Gasteiger partial charge on any atom is -0.437 e. The van der Waals surface area contributed by atoms with Crippen molar-refractivity contribution in [1.82, 2.24) is 9.80 Å². The molecule has 2 aromatic carbocycles. The number of halogens is 6. The molecule has 0 bridgehead atoms. The Morgan fingerprint density at radius 1 is 1.00 bits per heavy atom. The Bertz CT molecular complexity index is 1050. The average molecular weight is 472 g/mol. The quantitative estimate of drug-likeness (QED) is 0.500. The number of nitrogens with zero attached hydrogens (tertiary/aromatic N) is 2. The molecule has 2 aliphatic rings. The summed E-state index contributed by atoms with van der Waals surface area (Å²) >= 11 is 0. The topological polar surface area (TPSA) is 49.9 Å². The number of carbonyl (C=O) groups excluding carboxylic acids is 2. The summed E-state index contributed by atoms with van der Waals surface area (Å²) in [6.07, 6.45) is -11.4. The molecule has 2 heterocycles. The van der Waals surface area contributed by atoms with Gasteiger partial charge in [-0.15, -0.1) is 0 Å². The first-order valence-corrected chi connectivity index (χ1v) is 10.0. The van der Waals surface area contributed by atoms with E-state index in [0.717, 1.165) is 23.8 Å². The smallest absolute Gasteiger partial charge is 0.437 e. The molecular weight excluding hydrogens is 454 g/mol. The van der Waals surface area contributed by atoms with Gasteiger partial charge in [-0.3, -0.25) is 9.69 Å². The highest BCUT2D eigenvalue weighted by Gasteiger charge is 2.49. The lowest BCUT2D eigenvalue weighted by Gasteiger charge is -2.49. The maximum atomic E-state index is 13.1. The molecular formula is C22H18F6N2O3. The lowest BCUT2D eigenvalue weighted by atomic mass is 9.89. The maximum Gasteiger partial charge on any atom is 0.490 e. The van der Waals surface area contributed by atoms with Crippen LogP contribution >= 0.6 is 0 Å². The van der Waals surface area contributed by atoms with Crippen LogP contribution in [0.15, 0.2) is 48.5 Å². The van der Waals surface area contributed by atoms with Crippen molar-refractivity contribution >= 4 is 11.9 Å². The van der Waals surface area contributed by atoms with Gasteiger partial charge in [0.2, 0.25) is 0 Å². The predicted octanol–water partition coefficient (Wildman–Crippen LogP) is 4.02. The molecule has 1 unspecified atom stereocenters. The maximum absolute atomic E-state index is 13.1. The van der Waals surface area contributed by atoms with Gasteiger partial charge in [0, 0.05) is 25.2 Å². The fourth-order valence-corrected chi connectivity index (χ4v) is 4.22. The minimum absolute atomic E-state index is 0.0553. The van der Waals surface area contributed by atoms with Crippen LogP contribution in [0.3, 0.4) is 0 Å². The first-order valence-electron chi connectivity index (χ1n) is 10.0. The van der Waals surface area contributed by atoms with Crippen molar-refractivity contribution in [2.45, 2.75) is 37.6 Å². The van der Waals surface area contributed by atoms with Gasteiger partial charge in [0.05, 0.1) is 11.6 Å². The van der Waals surface area contributed by atoms with Gasteiger partial charge in [0.1, 0.15) is 0 Å². The number of hydrogen-bond donors (Lipinski definition) is 0. The van der Waals surface area contributed by atoms with Gasteiger partial charge in [-0.05, 0) is 29.7 Å². The Kier molecular flexibility index (Phi) is 5.85. The van der Waals surface area contributed by atoms with E-state index in [1.54, 1.807) is 30.3 Å². The highest BCUT2D eigenvalue weighted by Crippen LogP contribution is 2.36. The molecule has 2 atom stereocenters. The van der Waals surface area contributed by atoms with Crippen molar-refractivity contribution in [3.63, 3.8) is 0 Å². The third-order valence-electron chi connectivity index (χ3n) is 5.76. The molecule has 1 saturated heterocycles. The van der Waals surface area contributed by atoms with Crippen LogP contribution in [-0.2, 0) is 28.7 Å². The molecule has 5 nitrogen and oxygen atoms in total. The van der Waals surface area contributed by atoms with Gasteiger partial charge in [0.15, 0.2) is 6.23 Å². The molecule has 1 amide bonds. The Balaban J connectivity index is 1.68. The van der Waals surface area contributed by atoms with Gasteiger partial charge in [-0.1, -0.05) is 36.4 Å². The number of carbonyl (C=O) groups is 2. The van der Waals surface area contributed by atoms with Crippen LogP contribution in [0.25, 0.3) is 0 Å². The summed E-state index contributed by atoms with van der Waals surface area (Å²) in [5.74, 6) is -3.13. The molecule has 2 aliphatic heterocycles. The SMILES string of the molecule is O=C1c2cc(C(F)(F)F)ccc2C[C@@H]2C(OC(=O)C(F)(F)F)N(Cc3ccccc3)CCN12. The second-order valence-corrected chi connectivity index (χ2v) is 7.89. The number of esters is 1. The minimum atomic E-state index is -5.24. The number of ether oxygens (including phenoxy) is 1. The molecule has 1 fully saturated rings. The number of alkyl halides is 6. The Morgan fingerprint density at radius 3 is 2.33 bits per heavy atom. The van der Waals surface area contributed by atoms with Crippen LogP contribution in [0.4, 0.5) is 26.3 Å². The van der Waals surface area contributed by atoms with Crippen molar-refractivity contribution in [3.05, 3.63) is 70.8 Å². The standard InChI is InChI=1S/C22H18F6N2O3/c23-21(24,25)15-7-6-14-10-17-19(33-20(32)22(26,27)28)29(12-13-4-2-1-3-5-13)8-9-30(17)18(31)16(14)11-15/h1-7,11,17,19H,8-10,12H2/t17-,19?/m1/s1. The van der Waals surface area contributed by atoms with E-state index >= 15 is 0 Å². The zero-order valence-electron chi connectivity index (χ0n) is 17.0. The predicted molar refractivity (Wildman–Crippen MR) is 103 cm³/mol. The monoisotopic (exact) mass is 472 g/mol. The van der Waals surface area contributed by atoms with E-state index in [0.29, 0.717) is 0 Å². The first kappa shape index (κ1) is 23.1.